The van der Waals surface area contributed by atoms with E-state index < -0.39 is 0 Å². The molecule has 0 unspecified atom stereocenters. The van der Waals surface area contributed by atoms with Gasteiger partial charge < -0.3 is 5.32 Å². The van der Waals surface area contributed by atoms with Gasteiger partial charge in [-0.2, -0.15) is 0 Å². The van der Waals surface area contributed by atoms with Crippen molar-refractivity contribution in [3.63, 3.8) is 0 Å². The van der Waals surface area contributed by atoms with Gasteiger partial charge in [-0.3, -0.25) is 4.90 Å². The molecule has 2 aromatic heterocycles. The minimum Gasteiger partial charge on any atom is -0.359 e. The molecular formula is C15H27N5S. The summed E-state index contributed by atoms with van der Waals surface area (Å²) < 4.78 is 1.88. The number of fused-ring (bicyclic) bond motifs is 1. The van der Waals surface area contributed by atoms with E-state index >= 15 is 0 Å². The monoisotopic (exact) mass is 309 g/mol. The van der Waals surface area contributed by atoms with Gasteiger partial charge in [0.05, 0.1) is 11.9 Å². The molecule has 2 rings (SSSR count). The standard InChI is InChI=1S/C15H27N5S/c1-7-19(11(2)3)9-8-16-13-18-20-10-12(15(4,5)6)17-14(20)21-13/h10-11H,7-9H2,1-6H3,(H,16,18). The number of anilines is 1. The SMILES string of the molecule is CCN(CCNc1nn2cc(C(C)(C)C)nc2s1)C(C)C. The van der Waals surface area contributed by atoms with Crippen LogP contribution in [0.15, 0.2) is 6.20 Å². The molecule has 0 radical (unpaired) electrons. The zero-order chi connectivity index (χ0) is 15.6. The maximum atomic E-state index is 4.66. The molecule has 118 valence electrons. The smallest absolute Gasteiger partial charge is 0.214 e. The Morgan fingerprint density at radius 3 is 2.62 bits per heavy atom. The topological polar surface area (TPSA) is 45.5 Å². The number of hydrogen-bond donors (Lipinski definition) is 1. The molecule has 0 spiro atoms. The fourth-order valence-electron chi connectivity index (χ4n) is 2.22. The van der Waals surface area contributed by atoms with Crippen molar-refractivity contribution in [1.82, 2.24) is 19.5 Å². The van der Waals surface area contributed by atoms with Crippen LogP contribution >= 0.6 is 11.3 Å². The predicted octanol–water partition coefficient (Wildman–Crippen LogP) is 3.23. The average molecular weight is 309 g/mol. The molecule has 2 aromatic rings. The Morgan fingerprint density at radius 2 is 2.10 bits per heavy atom. The van der Waals surface area contributed by atoms with E-state index in [0.717, 1.165) is 35.4 Å². The van der Waals surface area contributed by atoms with E-state index in [4.69, 9.17) is 0 Å². The van der Waals surface area contributed by atoms with Crippen molar-refractivity contribution in [3.8, 4) is 0 Å². The molecule has 0 saturated heterocycles. The van der Waals surface area contributed by atoms with Gasteiger partial charge in [0.25, 0.3) is 0 Å². The molecule has 0 saturated carbocycles. The summed E-state index contributed by atoms with van der Waals surface area (Å²) in [7, 11) is 0. The van der Waals surface area contributed by atoms with Crippen molar-refractivity contribution in [2.45, 2.75) is 53.0 Å². The molecule has 2 heterocycles. The van der Waals surface area contributed by atoms with Gasteiger partial charge in [-0.25, -0.2) is 9.50 Å². The molecule has 0 aromatic carbocycles. The highest BCUT2D eigenvalue weighted by Crippen LogP contribution is 2.25. The Hall–Kier alpha value is -1.14. The second kappa shape index (κ2) is 6.32. The van der Waals surface area contributed by atoms with Crippen molar-refractivity contribution >= 4 is 21.4 Å². The Labute approximate surface area is 131 Å². The number of hydrogen-bond acceptors (Lipinski definition) is 5. The van der Waals surface area contributed by atoms with Crippen LogP contribution in [0.3, 0.4) is 0 Å². The van der Waals surface area contributed by atoms with Crippen LogP contribution in [0.1, 0.15) is 47.2 Å². The summed E-state index contributed by atoms with van der Waals surface area (Å²) in [6, 6.07) is 0.583. The molecule has 0 atom stereocenters. The van der Waals surface area contributed by atoms with Crippen molar-refractivity contribution in [3.05, 3.63) is 11.9 Å². The van der Waals surface area contributed by atoms with Gasteiger partial charge in [-0.05, 0) is 20.4 Å². The predicted molar refractivity (Wildman–Crippen MR) is 90.4 cm³/mol. The van der Waals surface area contributed by atoms with Gasteiger partial charge in [-0.1, -0.05) is 39.0 Å². The minimum atomic E-state index is 0.0693. The van der Waals surface area contributed by atoms with Crippen molar-refractivity contribution in [1.29, 1.82) is 0 Å². The lowest BCUT2D eigenvalue weighted by molar-refractivity contribution is 0.243. The number of nitrogens with one attached hydrogen (secondary N) is 1. The number of aromatic nitrogens is 3. The van der Waals surface area contributed by atoms with Crippen molar-refractivity contribution in [2.75, 3.05) is 25.0 Å². The van der Waals surface area contributed by atoms with Crippen molar-refractivity contribution < 1.29 is 0 Å². The highest BCUT2D eigenvalue weighted by Gasteiger charge is 2.19. The Kier molecular flexibility index (Phi) is 4.88. The van der Waals surface area contributed by atoms with E-state index in [0.29, 0.717) is 6.04 Å². The Bertz CT molecular complexity index is 547. The first kappa shape index (κ1) is 16.2. The van der Waals surface area contributed by atoms with Crippen molar-refractivity contribution in [2.24, 2.45) is 0 Å². The molecule has 0 aliphatic heterocycles. The fraction of sp³-hybridized carbons (Fsp3) is 0.733. The summed E-state index contributed by atoms with van der Waals surface area (Å²) in [5.74, 6) is 0. The van der Waals surface area contributed by atoms with Crippen LogP contribution in [0.5, 0.6) is 0 Å². The molecule has 0 fully saturated rings. The average Bonchev–Trinajstić information content (AvgIpc) is 2.91. The highest BCUT2D eigenvalue weighted by molar-refractivity contribution is 7.20. The van der Waals surface area contributed by atoms with Gasteiger partial charge in [-0.15, -0.1) is 5.10 Å². The number of rotatable bonds is 6. The van der Waals surface area contributed by atoms with E-state index in [-0.39, 0.29) is 5.41 Å². The molecule has 0 aliphatic rings. The van der Waals surface area contributed by atoms with Gasteiger partial charge in [0, 0.05) is 24.5 Å². The maximum Gasteiger partial charge on any atom is 0.214 e. The zero-order valence-electron chi connectivity index (χ0n) is 14.0. The van der Waals surface area contributed by atoms with Gasteiger partial charge >= 0.3 is 0 Å². The number of imidazole rings is 1. The second-order valence-corrected chi connectivity index (χ2v) is 7.62. The molecule has 6 heteroatoms. The van der Waals surface area contributed by atoms with E-state index in [1.807, 2.05) is 10.7 Å². The largest absolute Gasteiger partial charge is 0.359 e. The third-order valence-corrected chi connectivity index (χ3v) is 4.50. The first-order chi connectivity index (χ1) is 9.81. The van der Waals surface area contributed by atoms with E-state index in [9.17, 15) is 0 Å². The number of nitrogens with zero attached hydrogens (tertiary/aromatic N) is 4. The third-order valence-electron chi connectivity index (χ3n) is 3.62. The van der Waals surface area contributed by atoms with Crippen LogP contribution in [-0.4, -0.2) is 45.2 Å². The lowest BCUT2D eigenvalue weighted by Crippen LogP contribution is -2.34. The quantitative estimate of drug-likeness (QED) is 0.890. The maximum absolute atomic E-state index is 4.66. The first-order valence-corrected chi connectivity index (χ1v) is 8.47. The molecular weight excluding hydrogens is 282 g/mol. The molecule has 5 nitrogen and oxygen atoms in total. The van der Waals surface area contributed by atoms with Crippen LogP contribution in [0.4, 0.5) is 5.13 Å². The lowest BCUT2D eigenvalue weighted by atomic mass is 9.93. The second-order valence-electron chi connectivity index (χ2n) is 6.66. The molecule has 0 bridgehead atoms. The minimum absolute atomic E-state index is 0.0693. The summed E-state index contributed by atoms with van der Waals surface area (Å²) in [6.07, 6.45) is 2.03. The normalized spacial score (nSPS) is 12.8. The number of likely N-dealkylation sites (N-methyl/N-ethyl adjacent to an activating group) is 1. The molecule has 1 N–H and O–H groups in total. The summed E-state index contributed by atoms with van der Waals surface area (Å²) in [6.45, 7) is 16.2. The van der Waals surface area contributed by atoms with E-state index in [1.165, 1.54) is 0 Å². The van der Waals surface area contributed by atoms with E-state index in [2.05, 4.69) is 61.8 Å². The summed E-state index contributed by atoms with van der Waals surface area (Å²) in [5, 5.41) is 8.90. The van der Waals surface area contributed by atoms with Crippen LogP contribution < -0.4 is 5.32 Å². The highest BCUT2D eigenvalue weighted by atomic mass is 32.1. The third kappa shape index (κ3) is 3.95. The summed E-state index contributed by atoms with van der Waals surface area (Å²) in [5.41, 5.74) is 1.16. The summed E-state index contributed by atoms with van der Waals surface area (Å²) >= 11 is 1.61. The van der Waals surface area contributed by atoms with Gasteiger partial charge in [0.2, 0.25) is 10.1 Å². The van der Waals surface area contributed by atoms with Gasteiger partial charge in [0.15, 0.2) is 0 Å². The van der Waals surface area contributed by atoms with E-state index in [1.54, 1.807) is 11.3 Å². The van der Waals surface area contributed by atoms with Crippen LogP contribution in [0.2, 0.25) is 0 Å². The molecule has 0 aliphatic carbocycles. The Morgan fingerprint density at radius 1 is 1.38 bits per heavy atom. The molecule has 0 amide bonds. The summed E-state index contributed by atoms with van der Waals surface area (Å²) in [4.78, 5) is 8.05. The zero-order valence-corrected chi connectivity index (χ0v) is 14.8. The fourth-order valence-corrected chi connectivity index (χ4v) is 3.03. The first-order valence-electron chi connectivity index (χ1n) is 7.66. The van der Waals surface area contributed by atoms with Crippen LogP contribution in [0.25, 0.3) is 4.96 Å². The Balaban J connectivity index is 1.96. The van der Waals surface area contributed by atoms with Gasteiger partial charge in [0.1, 0.15) is 0 Å². The van der Waals surface area contributed by atoms with Crippen LogP contribution in [-0.2, 0) is 5.41 Å². The lowest BCUT2D eigenvalue weighted by Gasteiger charge is -2.24. The molecule has 21 heavy (non-hydrogen) atoms. The van der Waals surface area contributed by atoms with Crippen LogP contribution in [0, 0.1) is 0 Å².